The van der Waals surface area contributed by atoms with Gasteiger partial charge in [-0.25, -0.2) is 4.39 Å². The second kappa shape index (κ2) is 8.51. The molecule has 1 rings (SSSR count). The SMILES string of the molecule is CCCCCCCCNC(=O)c1cc(F)ccc1O. The quantitative estimate of drug-likeness (QED) is 0.707. The Labute approximate surface area is 113 Å². The maximum absolute atomic E-state index is 13.0. The molecule has 0 atom stereocenters. The Morgan fingerprint density at radius 1 is 1.21 bits per heavy atom. The molecule has 0 saturated carbocycles. The van der Waals surface area contributed by atoms with Crippen LogP contribution in [0.25, 0.3) is 0 Å². The molecule has 4 heteroatoms. The number of hydrogen-bond acceptors (Lipinski definition) is 2. The average molecular weight is 267 g/mol. The summed E-state index contributed by atoms with van der Waals surface area (Å²) in [6.45, 7) is 2.73. The first kappa shape index (κ1) is 15.5. The van der Waals surface area contributed by atoms with Crippen LogP contribution < -0.4 is 5.32 Å². The van der Waals surface area contributed by atoms with Crippen molar-refractivity contribution in [2.75, 3.05) is 6.54 Å². The molecule has 0 aromatic heterocycles. The molecule has 0 bridgehead atoms. The monoisotopic (exact) mass is 267 g/mol. The summed E-state index contributed by atoms with van der Waals surface area (Å²) >= 11 is 0. The number of phenolic OH excluding ortho intramolecular Hbond substituents is 1. The van der Waals surface area contributed by atoms with Gasteiger partial charge in [-0.3, -0.25) is 4.79 Å². The fourth-order valence-electron chi connectivity index (χ4n) is 1.89. The lowest BCUT2D eigenvalue weighted by Crippen LogP contribution is -2.24. The molecule has 0 aliphatic carbocycles. The van der Waals surface area contributed by atoms with Crippen LogP contribution in [0.15, 0.2) is 18.2 Å². The summed E-state index contributed by atoms with van der Waals surface area (Å²) in [4.78, 5) is 11.7. The lowest BCUT2D eigenvalue weighted by atomic mass is 10.1. The fourth-order valence-corrected chi connectivity index (χ4v) is 1.89. The lowest BCUT2D eigenvalue weighted by Gasteiger charge is -2.07. The molecule has 0 aliphatic rings. The van der Waals surface area contributed by atoms with Gasteiger partial charge in [-0.1, -0.05) is 39.0 Å². The number of phenols is 1. The van der Waals surface area contributed by atoms with Crippen LogP contribution in [0.5, 0.6) is 5.75 Å². The number of hydrogen-bond donors (Lipinski definition) is 2. The molecule has 0 fully saturated rings. The Hall–Kier alpha value is -1.58. The van der Waals surface area contributed by atoms with Gasteiger partial charge in [0, 0.05) is 6.54 Å². The summed E-state index contributed by atoms with van der Waals surface area (Å²) < 4.78 is 13.0. The molecule has 0 spiro atoms. The zero-order chi connectivity index (χ0) is 14.1. The zero-order valence-electron chi connectivity index (χ0n) is 11.4. The largest absolute Gasteiger partial charge is 0.507 e. The third-order valence-corrected chi connectivity index (χ3v) is 3.02. The average Bonchev–Trinajstić information content (AvgIpc) is 2.40. The standard InChI is InChI=1S/C15H22FNO2/c1-2-3-4-5-6-7-10-17-15(19)13-11-12(16)8-9-14(13)18/h8-9,11,18H,2-7,10H2,1H3,(H,17,19). The highest BCUT2D eigenvalue weighted by Crippen LogP contribution is 2.17. The van der Waals surface area contributed by atoms with Crippen LogP contribution in [0.2, 0.25) is 0 Å². The molecule has 0 radical (unpaired) electrons. The molecule has 0 aliphatic heterocycles. The van der Waals surface area contributed by atoms with E-state index in [1.807, 2.05) is 0 Å². The van der Waals surface area contributed by atoms with Crippen LogP contribution in [0.4, 0.5) is 4.39 Å². The van der Waals surface area contributed by atoms with Crippen LogP contribution in [-0.2, 0) is 0 Å². The molecular weight excluding hydrogens is 245 g/mol. The van der Waals surface area contributed by atoms with Crippen molar-refractivity contribution in [3.05, 3.63) is 29.6 Å². The van der Waals surface area contributed by atoms with Gasteiger partial charge in [0.05, 0.1) is 5.56 Å². The zero-order valence-corrected chi connectivity index (χ0v) is 11.4. The molecule has 0 saturated heterocycles. The predicted molar refractivity (Wildman–Crippen MR) is 73.8 cm³/mol. The van der Waals surface area contributed by atoms with Gasteiger partial charge in [0.2, 0.25) is 0 Å². The number of nitrogens with one attached hydrogen (secondary N) is 1. The molecule has 1 aromatic rings. The highest BCUT2D eigenvalue weighted by atomic mass is 19.1. The molecule has 0 heterocycles. The van der Waals surface area contributed by atoms with Crippen LogP contribution in [0.3, 0.4) is 0 Å². The summed E-state index contributed by atoms with van der Waals surface area (Å²) in [6, 6.07) is 3.36. The van der Waals surface area contributed by atoms with E-state index in [1.165, 1.54) is 31.7 Å². The van der Waals surface area contributed by atoms with E-state index in [2.05, 4.69) is 12.2 Å². The molecule has 19 heavy (non-hydrogen) atoms. The number of carbonyl (C=O) groups excluding carboxylic acids is 1. The number of amides is 1. The second-order valence-corrected chi connectivity index (χ2v) is 4.69. The van der Waals surface area contributed by atoms with E-state index in [9.17, 15) is 14.3 Å². The first-order valence-corrected chi connectivity index (χ1v) is 6.92. The highest BCUT2D eigenvalue weighted by Gasteiger charge is 2.11. The van der Waals surface area contributed by atoms with Crippen molar-refractivity contribution in [3.63, 3.8) is 0 Å². The van der Waals surface area contributed by atoms with Gasteiger partial charge in [-0.15, -0.1) is 0 Å². The maximum atomic E-state index is 13.0. The molecular formula is C15H22FNO2. The van der Waals surface area contributed by atoms with Gasteiger partial charge in [-0.05, 0) is 24.6 Å². The third kappa shape index (κ3) is 5.73. The topological polar surface area (TPSA) is 49.3 Å². The number of aromatic hydroxyl groups is 1. The summed E-state index contributed by atoms with van der Waals surface area (Å²) in [7, 11) is 0. The summed E-state index contributed by atoms with van der Waals surface area (Å²) in [6.07, 6.45) is 6.87. The van der Waals surface area contributed by atoms with E-state index in [0.29, 0.717) is 6.54 Å². The van der Waals surface area contributed by atoms with Crippen molar-refractivity contribution in [1.82, 2.24) is 5.32 Å². The number of carbonyl (C=O) groups is 1. The highest BCUT2D eigenvalue weighted by molar-refractivity contribution is 5.96. The summed E-state index contributed by atoms with van der Waals surface area (Å²) in [5, 5.41) is 12.2. The van der Waals surface area contributed by atoms with Crippen LogP contribution in [-0.4, -0.2) is 17.6 Å². The summed E-state index contributed by atoms with van der Waals surface area (Å²) in [5.74, 6) is -1.14. The van der Waals surface area contributed by atoms with Crippen molar-refractivity contribution in [2.45, 2.75) is 45.4 Å². The first-order chi connectivity index (χ1) is 9.15. The Bertz CT molecular complexity index is 407. The summed E-state index contributed by atoms with van der Waals surface area (Å²) in [5.41, 5.74) is -0.00835. The van der Waals surface area contributed by atoms with Gasteiger partial charge in [0.1, 0.15) is 11.6 Å². The number of rotatable bonds is 8. The Morgan fingerprint density at radius 3 is 2.63 bits per heavy atom. The second-order valence-electron chi connectivity index (χ2n) is 4.69. The first-order valence-electron chi connectivity index (χ1n) is 6.92. The molecule has 106 valence electrons. The van der Waals surface area contributed by atoms with Gasteiger partial charge < -0.3 is 10.4 Å². The Morgan fingerprint density at radius 2 is 1.89 bits per heavy atom. The minimum absolute atomic E-state index is 0.00835. The van der Waals surface area contributed by atoms with Gasteiger partial charge in [0.15, 0.2) is 0 Å². The van der Waals surface area contributed by atoms with Crippen LogP contribution in [0.1, 0.15) is 55.8 Å². The van der Waals surface area contributed by atoms with E-state index in [0.717, 1.165) is 25.0 Å². The number of unbranched alkanes of at least 4 members (excludes halogenated alkanes) is 5. The van der Waals surface area contributed by atoms with Gasteiger partial charge in [0.25, 0.3) is 5.91 Å². The van der Waals surface area contributed by atoms with Crippen LogP contribution >= 0.6 is 0 Å². The minimum Gasteiger partial charge on any atom is -0.507 e. The van der Waals surface area contributed by atoms with E-state index >= 15 is 0 Å². The van der Waals surface area contributed by atoms with E-state index in [4.69, 9.17) is 0 Å². The third-order valence-electron chi connectivity index (χ3n) is 3.02. The van der Waals surface area contributed by atoms with E-state index < -0.39 is 11.7 Å². The number of benzene rings is 1. The lowest BCUT2D eigenvalue weighted by molar-refractivity contribution is 0.0950. The van der Waals surface area contributed by atoms with Gasteiger partial charge in [-0.2, -0.15) is 0 Å². The molecule has 2 N–H and O–H groups in total. The molecule has 1 amide bonds. The van der Waals surface area contributed by atoms with Crippen molar-refractivity contribution in [3.8, 4) is 5.75 Å². The Balaban J connectivity index is 2.26. The smallest absolute Gasteiger partial charge is 0.255 e. The molecule has 1 aromatic carbocycles. The van der Waals surface area contributed by atoms with Crippen molar-refractivity contribution in [2.24, 2.45) is 0 Å². The number of halogens is 1. The van der Waals surface area contributed by atoms with Crippen LogP contribution in [0, 0.1) is 5.82 Å². The normalized spacial score (nSPS) is 10.4. The maximum Gasteiger partial charge on any atom is 0.255 e. The van der Waals surface area contributed by atoms with Crippen molar-refractivity contribution in [1.29, 1.82) is 0 Å². The predicted octanol–water partition coefficient (Wildman–Crippen LogP) is 3.62. The van der Waals surface area contributed by atoms with Crippen molar-refractivity contribution < 1.29 is 14.3 Å². The molecule has 3 nitrogen and oxygen atoms in total. The van der Waals surface area contributed by atoms with Crippen molar-refractivity contribution >= 4 is 5.91 Å². The van der Waals surface area contributed by atoms with Gasteiger partial charge >= 0.3 is 0 Å². The van der Waals surface area contributed by atoms with E-state index in [1.54, 1.807) is 0 Å². The molecule has 0 unspecified atom stereocenters. The van der Waals surface area contributed by atoms with E-state index in [-0.39, 0.29) is 11.3 Å². The Kier molecular flexibility index (Phi) is 6.93. The fraction of sp³-hybridized carbons (Fsp3) is 0.533. The minimum atomic E-state index is -0.525.